The molecule has 2 N–H and O–H groups in total. The Morgan fingerprint density at radius 2 is 1.73 bits per heavy atom. The van der Waals surface area contributed by atoms with Crippen LogP contribution in [0, 0.1) is 5.92 Å². The van der Waals surface area contributed by atoms with Gasteiger partial charge in [0, 0.05) is 6.04 Å². The molecule has 11 heavy (non-hydrogen) atoms. The lowest BCUT2D eigenvalue weighted by atomic mass is 9.84. The number of nitrogens with two attached hydrogens (primary N) is 1. The highest BCUT2D eigenvalue weighted by atomic mass is 35.5. The van der Waals surface area contributed by atoms with Gasteiger partial charge in [-0.2, -0.15) is 0 Å². The monoisotopic (exact) mass is 181 g/mol. The molecule has 68 valence electrons. The molecule has 0 aliphatic heterocycles. The van der Waals surface area contributed by atoms with E-state index in [1.165, 1.54) is 0 Å². The zero-order valence-electron chi connectivity index (χ0n) is 6.92. The molecule has 1 fully saturated rings. The Morgan fingerprint density at radius 1 is 1.27 bits per heavy atom. The van der Waals surface area contributed by atoms with Crippen molar-refractivity contribution in [3.8, 4) is 0 Å². The maximum absolute atomic E-state index is 12.6. The van der Waals surface area contributed by atoms with Crippen molar-refractivity contribution in [3.63, 3.8) is 0 Å². The van der Waals surface area contributed by atoms with Gasteiger partial charge in [-0.25, -0.2) is 4.39 Å². The van der Waals surface area contributed by atoms with Crippen LogP contribution in [0.5, 0.6) is 0 Å². The van der Waals surface area contributed by atoms with Crippen LogP contribution in [0.25, 0.3) is 0 Å². The van der Waals surface area contributed by atoms with Gasteiger partial charge in [0.15, 0.2) is 0 Å². The first-order valence-corrected chi connectivity index (χ1v) is 4.10. The standard InChI is InChI=1S/C8H16FN.ClH/c1-6(10)7-2-4-8(9)5-3-7;/h6-8H,2-5,10H2,1H3;1H. The molecule has 1 rings (SSSR count). The Labute approximate surface area is 73.9 Å². The lowest BCUT2D eigenvalue weighted by molar-refractivity contribution is 0.194. The summed E-state index contributed by atoms with van der Waals surface area (Å²) in [6.45, 7) is 2.02. The topological polar surface area (TPSA) is 26.0 Å². The first-order chi connectivity index (χ1) is 4.70. The predicted octanol–water partition coefficient (Wildman–Crippen LogP) is 2.28. The van der Waals surface area contributed by atoms with Crippen LogP contribution in [0.1, 0.15) is 32.6 Å². The van der Waals surface area contributed by atoms with Gasteiger partial charge in [-0.1, -0.05) is 0 Å². The Morgan fingerprint density at radius 3 is 2.09 bits per heavy atom. The Bertz CT molecular complexity index is 100. The summed E-state index contributed by atoms with van der Waals surface area (Å²) < 4.78 is 12.6. The summed E-state index contributed by atoms with van der Waals surface area (Å²) in [4.78, 5) is 0. The molecule has 0 heterocycles. The quantitative estimate of drug-likeness (QED) is 0.660. The molecule has 1 unspecified atom stereocenters. The minimum absolute atomic E-state index is 0. The van der Waals surface area contributed by atoms with Crippen LogP contribution < -0.4 is 5.73 Å². The number of rotatable bonds is 1. The van der Waals surface area contributed by atoms with E-state index in [-0.39, 0.29) is 18.4 Å². The third-order valence-corrected chi connectivity index (χ3v) is 2.44. The zero-order valence-corrected chi connectivity index (χ0v) is 7.74. The van der Waals surface area contributed by atoms with Gasteiger partial charge in [0.05, 0.1) is 0 Å². The van der Waals surface area contributed by atoms with E-state index in [4.69, 9.17) is 5.73 Å². The Hall–Kier alpha value is 0.180. The fraction of sp³-hybridized carbons (Fsp3) is 1.00. The molecule has 1 nitrogen and oxygen atoms in total. The van der Waals surface area contributed by atoms with Gasteiger partial charge >= 0.3 is 0 Å². The fourth-order valence-corrected chi connectivity index (χ4v) is 1.60. The van der Waals surface area contributed by atoms with Gasteiger partial charge in [0.2, 0.25) is 0 Å². The molecule has 1 atom stereocenters. The van der Waals surface area contributed by atoms with Gasteiger partial charge in [-0.3, -0.25) is 0 Å². The van der Waals surface area contributed by atoms with E-state index in [9.17, 15) is 4.39 Å². The molecule has 0 spiro atoms. The summed E-state index contributed by atoms with van der Waals surface area (Å²) in [5.74, 6) is 0.576. The van der Waals surface area contributed by atoms with E-state index in [2.05, 4.69) is 0 Å². The van der Waals surface area contributed by atoms with E-state index in [1.54, 1.807) is 0 Å². The van der Waals surface area contributed by atoms with Gasteiger partial charge in [-0.05, 0) is 38.5 Å². The molecule has 0 amide bonds. The summed E-state index contributed by atoms with van der Waals surface area (Å²) in [5, 5.41) is 0. The maximum atomic E-state index is 12.6. The second kappa shape index (κ2) is 4.94. The van der Waals surface area contributed by atoms with Crippen LogP contribution in [0.4, 0.5) is 4.39 Å². The van der Waals surface area contributed by atoms with Gasteiger partial charge in [0.1, 0.15) is 6.17 Å². The summed E-state index contributed by atoms with van der Waals surface area (Å²) >= 11 is 0. The summed E-state index contributed by atoms with van der Waals surface area (Å²) in [6, 6.07) is 0.257. The number of hydrogen-bond acceptors (Lipinski definition) is 1. The van der Waals surface area contributed by atoms with Crippen molar-refractivity contribution < 1.29 is 4.39 Å². The smallest absolute Gasteiger partial charge is 0.100 e. The number of hydrogen-bond donors (Lipinski definition) is 1. The van der Waals surface area contributed by atoms with Crippen molar-refractivity contribution >= 4 is 12.4 Å². The van der Waals surface area contributed by atoms with Crippen molar-refractivity contribution in [1.82, 2.24) is 0 Å². The highest BCUT2D eigenvalue weighted by Crippen LogP contribution is 2.27. The minimum Gasteiger partial charge on any atom is -0.328 e. The van der Waals surface area contributed by atoms with Crippen LogP contribution in [0.2, 0.25) is 0 Å². The minimum atomic E-state index is -0.546. The van der Waals surface area contributed by atoms with Crippen molar-refractivity contribution in [2.45, 2.75) is 44.8 Å². The fourth-order valence-electron chi connectivity index (χ4n) is 1.60. The maximum Gasteiger partial charge on any atom is 0.100 e. The lowest BCUT2D eigenvalue weighted by Crippen LogP contribution is -2.30. The summed E-state index contributed by atoms with van der Waals surface area (Å²) in [5.41, 5.74) is 5.69. The van der Waals surface area contributed by atoms with Crippen molar-refractivity contribution in [2.24, 2.45) is 11.7 Å². The predicted molar refractivity (Wildman–Crippen MR) is 47.8 cm³/mol. The lowest BCUT2D eigenvalue weighted by Gasteiger charge is -2.26. The van der Waals surface area contributed by atoms with Crippen LogP contribution in [0.3, 0.4) is 0 Å². The molecule has 1 saturated carbocycles. The SMILES string of the molecule is CC(N)C1CCC(F)CC1.Cl. The summed E-state index contributed by atoms with van der Waals surface area (Å²) in [6.07, 6.45) is 2.88. The van der Waals surface area contributed by atoms with Gasteiger partial charge in [0.25, 0.3) is 0 Å². The number of alkyl halides is 1. The van der Waals surface area contributed by atoms with E-state index >= 15 is 0 Å². The molecular weight excluding hydrogens is 165 g/mol. The van der Waals surface area contributed by atoms with Crippen LogP contribution in [0.15, 0.2) is 0 Å². The van der Waals surface area contributed by atoms with E-state index < -0.39 is 6.17 Å². The van der Waals surface area contributed by atoms with Crippen LogP contribution in [-0.4, -0.2) is 12.2 Å². The average Bonchev–Trinajstić information content (AvgIpc) is 1.88. The summed E-state index contributed by atoms with van der Waals surface area (Å²) in [7, 11) is 0. The van der Waals surface area contributed by atoms with Gasteiger partial charge in [-0.15, -0.1) is 12.4 Å². The molecule has 1 aliphatic carbocycles. The van der Waals surface area contributed by atoms with Gasteiger partial charge < -0.3 is 5.73 Å². The molecular formula is C8H17ClFN. The van der Waals surface area contributed by atoms with Crippen LogP contribution in [-0.2, 0) is 0 Å². The average molecular weight is 182 g/mol. The normalized spacial score (nSPS) is 34.1. The van der Waals surface area contributed by atoms with Crippen LogP contribution >= 0.6 is 12.4 Å². The largest absolute Gasteiger partial charge is 0.328 e. The molecule has 0 aromatic carbocycles. The first-order valence-electron chi connectivity index (χ1n) is 4.10. The molecule has 1 aliphatic rings. The van der Waals surface area contributed by atoms with Crippen molar-refractivity contribution in [1.29, 1.82) is 0 Å². The van der Waals surface area contributed by atoms with Crippen molar-refractivity contribution in [2.75, 3.05) is 0 Å². The molecule has 0 saturated heterocycles. The Kier molecular flexibility index (Phi) is 5.02. The third-order valence-electron chi connectivity index (χ3n) is 2.44. The third kappa shape index (κ3) is 3.39. The highest BCUT2D eigenvalue weighted by Gasteiger charge is 2.22. The van der Waals surface area contributed by atoms with Crippen molar-refractivity contribution in [3.05, 3.63) is 0 Å². The second-order valence-electron chi connectivity index (χ2n) is 3.37. The molecule has 0 aromatic rings. The second-order valence-corrected chi connectivity index (χ2v) is 3.37. The van der Waals surface area contributed by atoms with E-state index in [1.807, 2.05) is 6.92 Å². The molecule has 3 heteroatoms. The molecule has 0 bridgehead atoms. The Balaban J connectivity index is 0.000001000. The molecule has 0 radical (unpaired) electrons. The van der Waals surface area contributed by atoms with E-state index in [0.717, 1.165) is 25.7 Å². The highest BCUT2D eigenvalue weighted by molar-refractivity contribution is 5.85. The first kappa shape index (κ1) is 11.2. The number of halogens is 2. The molecule has 0 aromatic heterocycles. The zero-order chi connectivity index (χ0) is 7.56. The van der Waals surface area contributed by atoms with E-state index in [0.29, 0.717) is 5.92 Å².